The number of halogens is 3. The molecule has 0 aliphatic heterocycles. The summed E-state index contributed by atoms with van der Waals surface area (Å²) in [6.45, 7) is 1.92. The smallest absolute Gasteiger partial charge is 0.281 e. The van der Waals surface area contributed by atoms with E-state index >= 15 is 0 Å². The molecule has 3 rings (SSSR count). The third-order valence-corrected chi connectivity index (χ3v) is 3.24. The molecule has 0 fully saturated rings. The lowest BCUT2D eigenvalue weighted by Crippen LogP contribution is -2.05. The number of alkyl halides is 2. The summed E-state index contributed by atoms with van der Waals surface area (Å²) in [5.41, 5.74) is 0.214. The minimum Gasteiger partial charge on any atom is -0.323 e. The third-order valence-electron chi connectivity index (χ3n) is 3.04. The summed E-state index contributed by atoms with van der Waals surface area (Å²) in [6, 6.07) is 0. The number of aryl methyl sites for hydroxylation is 1. The Morgan fingerprint density at radius 1 is 1.09 bits per heavy atom. The van der Waals surface area contributed by atoms with Crippen LogP contribution in [0.5, 0.6) is 0 Å². The van der Waals surface area contributed by atoms with Gasteiger partial charge in [0.1, 0.15) is 23.2 Å². The van der Waals surface area contributed by atoms with Gasteiger partial charge in [0.25, 0.3) is 6.43 Å². The third kappa shape index (κ3) is 3.48. The first-order valence-corrected chi connectivity index (χ1v) is 7.01. The van der Waals surface area contributed by atoms with Crippen molar-refractivity contribution in [2.75, 3.05) is 0 Å². The van der Waals surface area contributed by atoms with E-state index in [0.29, 0.717) is 28.1 Å². The lowest BCUT2D eigenvalue weighted by Gasteiger charge is -2.06. The Morgan fingerprint density at radius 2 is 1.74 bits per heavy atom. The summed E-state index contributed by atoms with van der Waals surface area (Å²) >= 11 is 5.74. The number of aromatic nitrogens is 6. The van der Waals surface area contributed by atoms with Gasteiger partial charge >= 0.3 is 0 Å². The van der Waals surface area contributed by atoms with E-state index in [4.69, 9.17) is 11.6 Å². The Balaban J connectivity index is 2.00. The Bertz CT molecular complexity index is 801. The largest absolute Gasteiger partial charge is 0.323 e. The van der Waals surface area contributed by atoms with Crippen molar-refractivity contribution in [3.05, 3.63) is 53.3 Å². The van der Waals surface area contributed by atoms with E-state index in [0.717, 1.165) is 0 Å². The number of imidazole rings is 1. The maximum atomic E-state index is 13.0. The molecule has 23 heavy (non-hydrogen) atoms. The first-order valence-electron chi connectivity index (χ1n) is 6.63. The molecule has 118 valence electrons. The first-order chi connectivity index (χ1) is 11.0. The summed E-state index contributed by atoms with van der Waals surface area (Å²) in [5.74, 6) is 1.35. The SMILES string of the molecule is Cc1ncc(-c2nc(C(F)F)cn2Cc2ncc(Cl)cn2)cn1. The maximum Gasteiger partial charge on any atom is 0.281 e. The van der Waals surface area contributed by atoms with Crippen LogP contribution in [-0.2, 0) is 6.54 Å². The Hall–Kier alpha value is -2.48. The van der Waals surface area contributed by atoms with Crippen molar-refractivity contribution in [3.8, 4) is 11.4 Å². The van der Waals surface area contributed by atoms with Crippen LogP contribution in [0.1, 0.15) is 23.8 Å². The molecule has 0 radical (unpaired) electrons. The van der Waals surface area contributed by atoms with E-state index in [1.165, 1.54) is 18.6 Å². The standard InChI is InChI=1S/C14H11ClF2N6/c1-8-18-2-9(3-19-8)14-22-11(13(16)17)6-23(14)7-12-20-4-10(15)5-21-12/h2-6,13H,7H2,1H3. The van der Waals surface area contributed by atoms with Gasteiger partial charge in [-0.3, -0.25) is 0 Å². The van der Waals surface area contributed by atoms with E-state index in [9.17, 15) is 8.78 Å². The van der Waals surface area contributed by atoms with Crippen molar-refractivity contribution in [1.82, 2.24) is 29.5 Å². The summed E-state index contributed by atoms with van der Waals surface area (Å²) in [5, 5.41) is 0.403. The lowest BCUT2D eigenvalue weighted by molar-refractivity contribution is 0.146. The minimum atomic E-state index is -2.67. The maximum absolute atomic E-state index is 13.0. The van der Waals surface area contributed by atoms with Gasteiger partial charge in [-0.2, -0.15) is 0 Å². The molecule has 0 aromatic carbocycles. The summed E-state index contributed by atoms with van der Waals surface area (Å²) < 4.78 is 27.5. The molecule has 0 atom stereocenters. The quantitative estimate of drug-likeness (QED) is 0.732. The number of hydrogen-bond donors (Lipinski definition) is 0. The highest BCUT2D eigenvalue weighted by Crippen LogP contribution is 2.24. The van der Waals surface area contributed by atoms with Gasteiger partial charge in [0.15, 0.2) is 0 Å². The fourth-order valence-electron chi connectivity index (χ4n) is 1.97. The highest BCUT2D eigenvalue weighted by molar-refractivity contribution is 6.30. The van der Waals surface area contributed by atoms with Crippen LogP contribution in [0.3, 0.4) is 0 Å². The molecular formula is C14H11ClF2N6. The van der Waals surface area contributed by atoms with E-state index < -0.39 is 6.43 Å². The second-order valence-corrected chi connectivity index (χ2v) is 5.19. The Kier molecular flexibility index (Phi) is 4.24. The lowest BCUT2D eigenvalue weighted by atomic mass is 10.3. The molecular weight excluding hydrogens is 326 g/mol. The van der Waals surface area contributed by atoms with Crippen LogP contribution >= 0.6 is 11.6 Å². The van der Waals surface area contributed by atoms with Crippen LogP contribution in [0.4, 0.5) is 8.78 Å². The van der Waals surface area contributed by atoms with Gasteiger partial charge in [-0.05, 0) is 6.92 Å². The highest BCUT2D eigenvalue weighted by atomic mass is 35.5. The molecule has 0 aliphatic carbocycles. The van der Waals surface area contributed by atoms with Crippen molar-refractivity contribution in [2.24, 2.45) is 0 Å². The van der Waals surface area contributed by atoms with Crippen molar-refractivity contribution in [2.45, 2.75) is 19.9 Å². The van der Waals surface area contributed by atoms with Crippen molar-refractivity contribution < 1.29 is 8.78 Å². The monoisotopic (exact) mass is 336 g/mol. The second kappa shape index (κ2) is 6.33. The van der Waals surface area contributed by atoms with Gasteiger partial charge in [0, 0.05) is 31.0 Å². The summed E-state index contributed by atoms with van der Waals surface area (Å²) in [4.78, 5) is 20.2. The molecule has 6 nitrogen and oxygen atoms in total. The molecule has 3 aromatic rings. The average Bonchev–Trinajstić information content (AvgIpc) is 2.94. The van der Waals surface area contributed by atoms with Gasteiger partial charge in [0.2, 0.25) is 0 Å². The fourth-order valence-corrected chi connectivity index (χ4v) is 2.07. The molecule has 0 aliphatic rings. The van der Waals surface area contributed by atoms with E-state index in [1.807, 2.05) is 0 Å². The van der Waals surface area contributed by atoms with Crippen LogP contribution in [-0.4, -0.2) is 29.5 Å². The molecule has 9 heteroatoms. The average molecular weight is 337 g/mol. The molecule has 0 spiro atoms. The van der Waals surface area contributed by atoms with Gasteiger partial charge in [0.05, 0.1) is 17.1 Å². The Labute approximate surface area is 135 Å². The van der Waals surface area contributed by atoms with Crippen molar-refractivity contribution in [1.29, 1.82) is 0 Å². The molecule has 3 aromatic heterocycles. The van der Waals surface area contributed by atoms with Crippen molar-refractivity contribution >= 4 is 11.6 Å². The predicted molar refractivity (Wildman–Crippen MR) is 79.1 cm³/mol. The first kappa shape index (κ1) is 15.4. The number of hydrogen-bond acceptors (Lipinski definition) is 5. The zero-order valence-electron chi connectivity index (χ0n) is 12.0. The van der Waals surface area contributed by atoms with Crippen LogP contribution < -0.4 is 0 Å². The number of rotatable bonds is 4. The highest BCUT2D eigenvalue weighted by Gasteiger charge is 2.18. The van der Waals surface area contributed by atoms with E-state index in [1.54, 1.807) is 23.9 Å². The molecule has 0 N–H and O–H groups in total. The second-order valence-electron chi connectivity index (χ2n) is 4.75. The molecule has 3 heterocycles. The molecule has 0 saturated heterocycles. The zero-order chi connectivity index (χ0) is 16.4. The summed E-state index contributed by atoms with van der Waals surface area (Å²) in [6.07, 6.45) is 4.58. The summed E-state index contributed by atoms with van der Waals surface area (Å²) in [7, 11) is 0. The van der Waals surface area contributed by atoms with Crippen molar-refractivity contribution in [3.63, 3.8) is 0 Å². The normalized spacial score (nSPS) is 11.2. The topological polar surface area (TPSA) is 69.4 Å². The van der Waals surface area contributed by atoms with Gasteiger partial charge in [-0.25, -0.2) is 33.7 Å². The van der Waals surface area contributed by atoms with Crippen LogP contribution in [0, 0.1) is 6.92 Å². The predicted octanol–water partition coefficient (Wildman–Crippen LogP) is 3.08. The number of nitrogens with zero attached hydrogens (tertiary/aromatic N) is 6. The Morgan fingerprint density at radius 3 is 2.35 bits per heavy atom. The molecule has 0 saturated carbocycles. The van der Waals surface area contributed by atoms with Gasteiger partial charge in [-0.1, -0.05) is 11.6 Å². The van der Waals surface area contributed by atoms with E-state index in [2.05, 4.69) is 24.9 Å². The van der Waals surface area contributed by atoms with Gasteiger partial charge < -0.3 is 4.57 Å². The molecule has 0 unspecified atom stereocenters. The molecule has 0 bridgehead atoms. The van der Waals surface area contributed by atoms with Crippen LogP contribution in [0.2, 0.25) is 5.02 Å². The van der Waals surface area contributed by atoms with Crippen LogP contribution in [0.15, 0.2) is 31.0 Å². The molecule has 0 amide bonds. The van der Waals surface area contributed by atoms with Crippen LogP contribution in [0.25, 0.3) is 11.4 Å². The minimum absolute atomic E-state index is 0.181. The fraction of sp³-hybridized carbons (Fsp3) is 0.214. The zero-order valence-corrected chi connectivity index (χ0v) is 12.7. The van der Waals surface area contributed by atoms with Gasteiger partial charge in [-0.15, -0.1) is 0 Å². The van der Waals surface area contributed by atoms with E-state index in [-0.39, 0.29) is 12.2 Å².